The van der Waals surface area contributed by atoms with Crippen LogP contribution in [0.25, 0.3) is 0 Å². The summed E-state index contributed by atoms with van der Waals surface area (Å²) in [5, 5.41) is 8.46. The number of carbonyl (C=O) groups is 1. The second-order valence-electron chi connectivity index (χ2n) is 4.02. The molecule has 0 bridgehead atoms. The van der Waals surface area contributed by atoms with Gasteiger partial charge in [0, 0.05) is 17.5 Å². The van der Waals surface area contributed by atoms with Gasteiger partial charge in [-0.15, -0.1) is 0 Å². The Morgan fingerprint density at radius 2 is 1.65 bits per heavy atom. The lowest BCUT2D eigenvalue weighted by Gasteiger charge is -2.32. The molecule has 0 atom stereocenters. The first kappa shape index (κ1) is 14.7. The minimum atomic E-state index is -4.82. The molecule has 1 aromatic carbocycles. The quantitative estimate of drug-likeness (QED) is 0.870. The van der Waals surface area contributed by atoms with Crippen LogP contribution < -0.4 is 9.47 Å². The van der Waals surface area contributed by atoms with Crippen LogP contribution in [-0.4, -0.2) is 23.3 Å². The molecule has 1 aliphatic rings. The Kier molecular flexibility index (Phi) is 3.45. The lowest BCUT2D eigenvalue weighted by molar-refractivity contribution is -0.391. The number of alkyl halides is 4. The molecule has 0 aliphatic carbocycles. The highest BCUT2D eigenvalue weighted by Gasteiger charge is 2.66. The van der Waals surface area contributed by atoms with Crippen molar-refractivity contribution in [2.24, 2.45) is 0 Å². The first-order valence-corrected chi connectivity index (χ1v) is 5.68. The van der Waals surface area contributed by atoms with Crippen molar-refractivity contribution in [1.82, 2.24) is 0 Å². The molecule has 0 fully saturated rings. The highest BCUT2D eigenvalue weighted by molar-refractivity contribution is 6.31. The Morgan fingerprint density at radius 3 is 2.15 bits per heavy atom. The number of hydrogen-bond donors (Lipinski definition) is 1. The Bertz CT molecular complexity index is 562. The van der Waals surface area contributed by atoms with E-state index < -0.39 is 29.7 Å². The van der Waals surface area contributed by atoms with E-state index in [1.54, 1.807) is 0 Å². The van der Waals surface area contributed by atoms with Crippen LogP contribution in [0.5, 0.6) is 11.5 Å². The van der Waals surface area contributed by atoms with Crippen LogP contribution in [0.2, 0.25) is 5.02 Å². The molecular weight excluding hydrogens is 308 g/mol. The van der Waals surface area contributed by atoms with Crippen molar-refractivity contribution in [2.45, 2.75) is 25.1 Å². The highest BCUT2D eigenvalue weighted by Crippen LogP contribution is 2.48. The van der Waals surface area contributed by atoms with Gasteiger partial charge in [-0.25, -0.2) is 0 Å². The van der Waals surface area contributed by atoms with Crippen molar-refractivity contribution in [1.29, 1.82) is 0 Å². The molecule has 0 amide bonds. The number of fused-ring (bicyclic) bond motifs is 1. The normalized spacial score (nSPS) is 18.6. The number of aryl methyl sites for hydroxylation is 1. The summed E-state index contributed by atoms with van der Waals surface area (Å²) in [6.45, 7) is 0. The largest absolute Gasteiger partial charge is 0.507 e. The van der Waals surface area contributed by atoms with Gasteiger partial charge in [0.1, 0.15) is 0 Å². The van der Waals surface area contributed by atoms with Gasteiger partial charge >= 0.3 is 18.2 Å². The first-order valence-electron chi connectivity index (χ1n) is 5.30. The maximum Gasteiger partial charge on any atom is 0.507 e. The summed E-state index contributed by atoms with van der Waals surface area (Å²) in [5.41, 5.74) is 0.178. The Balaban J connectivity index is 2.35. The lowest BCUT2D eigenvalue weighted by Crippen LogP contribution is -2.52. The number of ether oxygens (including phenoxy) is 2. The van der Waals surface area contributed by atoms with Crippen molar-refractivity contribution >= 4 is 17.6 Å². The second-order valence-corrected chi connectivity index (χ2v) is 4.43. The van der Waals surface area contributed by atoms with Gasteiger partial charge in [0.25, 0.3) is 0 Å². The van der Waals surface area contributed by atoms with Crippen LogP contribution in [0.4, 0.5) is 17.6 Å². The molecule has 0 unspecified atom stereocenters. The van der Waals surface area contributed by atoms with Crippen LogP contribution in [0, 0.1) is 0 Å². The number of carboxylic acid groups (broad SMARTS) is 1. The Labute approximate surface area is 114 Å². The lowest BCUT2D eigenvalue weighted by atomic mass is 10.1. The van der Waals surface area contributed by atoms with Crippen LogP contribution in [0.3, 0.4) is 0 Å². The summed E-state index contributed by atoms with van der Waals surface area (Å²) < 4.78 is 59.6. The van der Waals surface area contributed by atoms with Gasteiger partial charge in [-0.2, -0.15) is 17.6 Å². The third kappa shape index (κ3) is 2.60. The van der Waals surface area contributed by atoms with E-state index in [0.717, 1.165) is 12.1 Å². The zero-order chi connectivity index (χ0) is 15.1. The average Bonchev–Trinajstić information content (AvgIpc) is 2.28. The molecular formula is C11H7ClF4O4. The monoisotopic (exact) mass is 314 g/mol. The summed E-state index contributed by atoms with van der Waals surface area (Å²) in [6, 6.07) is 1.85. The molecule has 1 heterocycles. The number of aliphatic carboxylic acids is 1. The summed E-state index contributed by atoms with van der Waals surface area (Å²) in [4.78, 5) is 10.4. The number of benzene rings is 1. The van der Waals surface area contributed by atoms with Crippen molar-refractivity contribution in [3.05, 3.63) is 22.7 Å². The van der Waals surface area contributed by atoms with E-state index in [2.05, 4.69) is 9.47 Å². The van der Waals surface area contributed by atoms with Crippen LogP contribution in [0.15, 0.2) is 12.1 Å². The van der Waals surface area contributed by atoms with Crippen molar-refractivity contribution in [3.8, 4) is 11.5 Å². The summed E-state index contributed by atoms with van der Waals surface area (Å²) >= 11 is 5.75. The SMILES string of the molecule is O=C(O)CCc1cc2c(cc1Cl)OC(F)(F)C(F)(F)O2. The van der Waals surface area contributed by atoms with Gasteiger partial charge in [-0.05, 0) is 18.1 Å². The first-order chi connectivity index (χ1) is 9.12. The summed E-state index contributed by atoms with van der Waals surface area (Å²) in [5.74, 6) is -2.37. The fourth-order valence-corrected chi connectivity index (χ4v) is 1.81. The van der Waals surface area contributed by atoms with Gasteiger partial charge in [0.05, 0.1) is 0 Å². The number of carboxylic acids is 1. The molecule has 110 valence electrons. The summed E-state index contributed by atoms with van der Waals surface area (Å²) in [6.07, 6.45) is -10.00. The van der Waals surface area contributed by atoms with E-state index in [0.29, 0.717) is 0 Å². The zero-order valence-corrected chi connectivity index (χ0v) is 10.4. The molecule has 1 aliphatic heterocycles. The van der Waals surface area contributed by atoms with Gasteiger partial charge in [-0.1, -0.05) is 11.6 Å². The van der Waals surface area contributed by atoms with E-state index in [4.69, 9.17) is 16.7 Å². The molecule has 20 heavy (non-hydrogen) atoms. The molecule has 1 N–H and O–H groups in total. The topological polar surface area (TPSA) is 55.8 Å². The molecule has 0 radical (unpaired) electrons. The third-order valence-corrected chi connectivity index (χ3v) is 2.89. The molecule has 9 heteroatoms. The standard InChI is InChI=1S/C11H7ClF4O4/c12-6-4-8-7(3-5(6)1-2-9(17)18)19-10(13,14)11(15,16)20-8/h3-4H,1-2H2,(H,17,18). The second kappa shape index (κ2) is 4.69. The predicted octanol–water partition coefficient (Wildman–Crippen LogP) is 3.31. The Hall–Kier alpha value is -1.70. The Morgan fingerprint density at radius 1 is 1.15 bits per heavy atom. The third-order valence-electron chi connectivity index (χ3n) is 2.54. The maximum atomic E-state index is 13.0. The van der Waals surface area contributed by atoms with Crippen LogP contribution in [0.1, 0.15) is 12.0 Å². The van der Waals surface area contributed by atoms with E-state index in [1.807, 2.05) is 0 Å². The van der Waals surface area contributed by atoms with Gasteiger partial charge < -0.3 is 14.6 Å². The molecule has 1 aromatic rings. The maximum absolute atomic E-state index is 13.0. The minimum absolute atomic E-state index is 0.0627. The fraction of sp³-hybridized carbons (Fsp3) is 0.364. The summed E-state index contributed by atoms with van der Waals surface area (Å²) in [7, 11) is 0. The van der Waals surface area contributed by atoms with Crippen LogP contribution >= 0.6 is 11.6 Å². The van der Waals surface area contributed by atoms with Gasteiger partial charge in [0.2, 0.25) is 0 Å². The smallest absolute Gasteiger partial charge is 0.481 e. The molecule has 0 saturated heterocycles. The highest BCUT2D eigenvalue weighted by atomic mass is 35.5. The van der Waals surface area contributed by atoms with Gasteiger partial charge in [0.15, 0.2) is 11.5 Å². The molecule has 0 spiro atoms. The predicted molar refractivity (Wildman–Crippen MR) is 58.6 cm³/mol. The van der Waals surface area contributed by atoms with Crippen molar-refractivity contribution in [3.63, 3.8) is 0 Å². The number of hydrogen-bond acceptors (Lipinski definition) is 3. The average molecular weight is 315 g/mol. The number of halogens is 5. The molecule has 2 rings (SSSR count). The molecule has 4 nitrogen and oxygen atoms in total. The fourth-order valence-electron chi connectivity index (χ4n) is 1.56. The van der Waals surface area contributed by atoms with E-state index in [9.17, 15) is 22.4 Å². The van der Waals surface area contributed by atoms with E-state index >= 15 is 0 Å². The van der Waals surface area contributed by atoms with Crippen LogP contribution in [-0.2, 0) is 11.2 Å². The van der Waals surface area contributed by atoms with E-state index in [1.165, 1.54) is 0 Å². The zero-order valence-electron chi connectivity index (χ0n) is 9.63. The van der Waals surface area contributed by atoms with Crippen molar-refractivity contribution < 1.29 is 36.9 Å². The van der Waals surface area contributed by atoms with E-state index in [-0.39, 0.29) is 23.4 Å². The molecule has 0 saturated carbocycles. The van der Waals surface area contributed by atoms with Gasteiger partial charge in [-0.3, -0.25) is 4.79 Å². The van der Waals surface area contributed by atoms with Crippen molar-refractivity contribution in [2.75, 3.05) is 0 Å². The number of rotatable bonds is 3. The minimum Gasteiger partial charge on any atom is -0.481 e. The molecule has 0 aromatic heterocycles.